The van der Waals surface area contributed by atoms with Crippen molar-refractivity contribution in [3.63, 3.8) is 0 Å². The van der Waals surface area contributed by atoms with Gasteiger partial charge in [0.2, 0.25) is 0 Å². The van der Waals surface area contributed by atoms with Crippen LogP contribution >= 0.6 is 11.8 Å². The fourth-order valence-corrected chi connectivity index (χ4v) is 3.27. The zero-order chi connectivity index (χ0) is 17.4. The molecule has 0 saturated carbocycles. The van der Waals surface area contributed by atoms with Crippen LogP contribution in [0.15, 0.2) is 0 Å². The molecule has 0 N–H and O–H groups in total. The van der Waals surface area contributed by atoms with Gasteiger partial charge in [-0.3, -0.25) is 14.4 Å². The second-order valence-corrected chi connectivity index (χ2v) is 6.39. The van der Waals surface area contributed by atoms with E-state index >= 15 is 0 Å². The van der Waals surface area contributed by atoms with Crippen LogP contribution in [0.5, 0.6) is 0 Å². The van der Waals surface area contributed by atoms with Gasteiger partial charge in [-0.05, 0) is 12.2 Å². The molecular formula is C15H24O7S. The van der Waals surface area contributed by atoms with Crippen molar-refractivity contribution in [3.8, 4) is 0 Å². The van der Waals surface area contributed by atoms with Crippen LogP contribution in [0.25, 0.3) is 0 Å². The van der Waals surface area contributed by atoms with E-state index in [4.69, 9.17) is 18.9 Å². The average Bonchev–Trinajstić information content (AvgIpc) is 2.43. The molecule has 0 aliphatic carbocycles. The summed E-state index contributed by atoms with van der Waals surface area (Å²) < 4.78 is 21.4. The van der Waals surface area contributed by atoms with Crippen LogP contribution in [-0.2, 0) is 33.3 Å². The highest BCUT2D eigenvalue weighted by Gasteiger charge is 2.46. The van der Waals surface area contributed by atoms with E-state index in [2.05, 4.69) is 6.92 Å². The van der Waals surface area contributed by atoms with Crippen molar-refractivity contribution >= 4 is 29.7 Å². The first-order valence-corrected chi connectivity index (χ1v) is 8.71. The lowest BCUT2D eigenvalue weighted by molar-refractivity contribution is -0.222. The zero-order valence-corrected chi connectivity index (χ0v) is 14.7. The van der Waals surface area contributed by atoms with Gasteiger partial charge in [-0.2, -0.15) is 11.8 Å². The van der Waals surface area contributed by atoms with Gasteiger partial charge in [0, 0.05) is 26.5 Å². The van der Waals surface area contributed by atoms with Crippen molar-refractivity contribution in [2.45, 2.75) is 58.5 Å². The lowest BCUT2D eigenvalue weighted by atomic mass is 10.00. The van der Waals surface area contributed by atoms with Crippen molar-refractivity contribution in [2.24, 2.45) is 0 Å². The molecule has 23 heavy (non-hydrogen) atoms. The van der Waals surface area contributed by atoms with Crippen LogP contribution < -0.4 is 0 Å². The van der Waals surface area contributed by atoms with Gasteiger partial charge in [0.15, 0.2) is 18.3 Å². The molecule has 1 rings (SSSR count). The van der Waals surface area contributed by atoms with Gasteiger partial charge >= 0.3 is 17.9 Å². The van der Waals surface area contributed by atoms with E-state index in [1.165, 1.54) is 20.8 Å². The van der Waals surface area contributed by atoms with Crippen LogP contribution in [0.3, 0.4) is 0 Å². The molecule has 7 nitrogen and oxygen atoms in total. The largest absolute Gasteiger partial charge is 0.456 e. The van der Waals surface area contributed by atoms with E-state index in [1.54, 1.807) is 11.8 Å². The SMILES string of the molecule is CCCSC[C@@H]1OC[C@@H](OC(C)=O)[C@H](OC(C)=O)[C@H]1OC(C)=O. The summed E-state index contributed by atoms with van der Waals surface area (Å²) in [7, 11) is 0. The number of carbonyl (C=O) groups excluding carboxylic acids is 3. The minimum absolute atomic E-state index is 0.0899. The molecule has 0 spiro atoms. The Morgan fingerprint density at radius 3 is 2.09 bits per heavy atom. The van der Waals surface area contributed by atoms with Crippen LogP contribution in [-0.4, -0.2) is 60.4 Å². The highest BCUT2D eigenvalue weighted by molar-refractivity contribution is 7.99. The number of hydrogen-bond donors (Lipinski definition) is 0. The van der Waals surface area contributed by atoms with E-state index < -0.39 is 42.3 Å². The Balaban J connectivity index is 2.91. The smallest absolute Gasteiger partial charge is 0.303 e. The highest BCUT2D eigenvalue weighted by atomic mass is 32.2. The van der Waals surface area contributed by atoms with E-state index in [0.717, 1.165) is 12.2 Å². The Kier molecular flexibility index (Phi) is 8.40. The van der Waals surface area contributed by atoms with Crippen molar-refractivity contribution in [2.75, 3.05) is 18.1 Å². The van der Waals surface area contributed by atoms with Gasteiger partial charge in [0.1, 0.15) is 6.10 Å². The molecule has 0 amide bonds. The Bertz CT molecular complexity index is 426. The molecule has 0 unspecified atom stereocenters. The van der Waals surface area contributed by atoms with Crippen molar-refractivity contribution in [3.05, 3.63) is 0 Å². The molecule has 1 saturated heterocycles. The van der Waals surface area contributed by atoms with Gasteiger partial charge in [-0.1, -0.05) is 6.92 Å². The average molecular weight is 348 g/mol. The number of thioether (sulfide) groups is 1. The molecular weight excluding hydrogens is 324 g/mol. The molecule has 8 heteroatoms. The zero-order valence-electron chi connectivity index (χ0n) is 13.9. The summed E-state index contributed by atoms with van der Waals surface area (Å²) in [5, 5.41) is 0. The van der Waals surface area contributed by atoms with Gasteiger partial charge < -0.3 is 18.9 Å². The molecule has 0 aromatic heterocycles. The molecule has 0 bridgehead atoms. The second-order valence-electron chi connectivity index (χ2n) is 5.24. The molecule has 0 aromatic rings. The van der Waals surface area contributed by atoms with E-state index in [9.17, 15) is 14.4 Å². The number of esters is 3. The van der Waals surface area contributed by atoms with Crippen molar-refractivity contribution < 1.29 is 33.3 Å². The molecule has 0 aromatic carbocycles. The lowest BCUT2D eigenvalue weighted by Gasteiger charge is -2.40. The van der Waals surface area contributed by atoms with Gasteiger partial charge in [-0.15, -0.1) is 0 Å². The van der Waals surface area contributed by atoms with Crippen LogP contribution in [0.2, 0.25) is 0 Å². The Morgan fingerprint density at radius 1 is 1.00 bits per heavy atom. The predicted molar refractivity (Wildman–Crippen MR) is 84.0 cm³/mol. The second kappa shape index (κ2) is 9.77. The van der Waals surface area contributed by atoms with Gasteiger partial charge in [0.25, 0.3) is 0 Å². The summed E-state index contributed by atoms with van der Waals surface area (Å²) in [4.78, 5) is 34.0. The summed E-state index contributed by atoms with van der Waals surface area (Å²) >= 11 is 1.66. The summed E-state index contributed by atoms with van der Waals surface area (Å²) in [6.45, 7) is 5.95. The molecule has 1 aliphatic heterocycles. The quantitative estimate of drug-likeness (QED) is 0.387. The summed E-state index contributed by atoms with van der Waals surface area (Å²) in [6, 6.07) is 0. The predicted octanol–water partition coefficient (Wildman–Crippen LogP) is 1.32. The summed E-state index contributed by atoms with van der Waals surface area (Å²) in [5.41, 5.74) is 0. The van der Waals surface area contributed by atoms with Gasteiger partial charge in [0.05, 0.1) is 6.61 Å². The topological polar surface area (TPSA) is 88.1 Å². The normalized spacial score (nSPS) is 27.1. The van der Waals surface area contributed by atoms with E-state index in [0.29, 0.717) is 5.75 Å². The molecule has 4 atom stereocenters. The van der Waals surface area contributed by atoms with E-state index in [1.807, 2.05) is 0 Å². The maximum atomic E-state index is 11.4. The first kappa shape index (κ1) is 19.8. The van der Waals surface area contributed by atoms with Crippen LogP contribution in [0, 0.1) is 0 Å². The standard InChI is InChI=1S/C15H24O7S/c1-5-6-23-8-13-15(22-11(4)18)14(21-10(3)17)12(7-19-13)20-9(2)16/h12-15H,5-8H2,1-4H3/t12-,13+,14+,15+/m1/s1. The Morgan fingerprint density at radius 2 is 1.57 bits per heavy atom. The van der Waals surface area contributed by atoms with Gasteiger partial charge in [-0.25, -0.2) is 0 Å². The number of rotatable bonds is 7. The Hall–Kier alpha value is -1.28. The van der Waals surface area contributed by atoms with Crippen LogP contribution in [0.4, 0.5) is 0 Å². The maximum Gasteiger partial charge on any atom is 0.303 e. The van der Waals surface area contributed by atoms with E-state index in [-0.39, 0.29) is 6.61 Å². The first-order chi connectivity index (χ1) is 10.8. The molecule has 1 fully saturated rings. The fraction of sp³-hybridized carbons (Fsp3) is 0.800. The number of ether oxygens (including phenoxy) is 4. The van der Waals surface area contributed by atoms with Crippen molar-refractivity contribution in [1.82, 2.24) is 0 Å². The van der Waals surface area contributed by atoms with Crippen LogP contribution in [0.1, 0.15) is 34.1 Å². The summed E-state index contributed by atoms with van der Waals surface area (Å²) in [5.74, 6) is -0.0266. The minimum Gasteiger partial charge on any atom is -0.456 e. The fourth-order valence-electron chi connectivity index (χ4n) is 2.30. The van der Waals surface area contributed by atoms with Crippen molar-refractivity contribution in [1.29, 1.82) is 0 Å². The third-order valence-electron chi connectivity index (χ3n) is 3.08. The third kappa shape index (κ3) is 6.78. The number of carbonyl (C=O) groups is 3. The Labute approximate surface area is 140 Å². The number of hydrogen-bond acceptors (Lipinski definition) is 8. The first-order valence-electron chi connectivity index (χ1n) is 7.56. The lowest BCUT2D eigenvalue weighted by Crippen LogP contribution is -2.58. The molecule has 1 aliphatic rings. The minimum atomic E-state index is -0.874. The molecule has 1 heterocycles. The molecule has 0 radical (unpaired) electrons. The summed E-state index contributed by atoms with van der Waals surface area (Å²) in [6.07, 6.45) is -1.89. The third-order valence-corrected chi connectivity index (χ3v) is 4.34. The molecule has 132 valence electrons. The maximum absolute atomic E-state index is 11.4. The highest BCUT2D eigenvalue weighted by Crippen LogP contribution is 2.26. The monoisotopic (exact) mass is 348 g/mol.